The molecule has 2 aliphatic carbocycles. The van der Waals surface area contributed by atoms with Crippen LogP contribution in [-0.4, -0.2) is 31.7 Å². The lowest BCUT2D eigenvalue weighted by atomic mass is 9.62. The van der Waals surface area contributed by atoms with E-state index in [1.807, 2.05) is 0 Å². The first-order valence-electron chi connectivity index (χ1n) is 11.3. The minimum atomic E-state index is 0.236. The molecule has 5 rings (SSSR count). The average Bonchev–Trinajstić information content (AvgIpc) is 3.23. The first-order chi connectivity index (χ1) is 13.6. The lowest BCUT2D eigenvalue weighted by Crippen LogP contribution is -2.42. The second-order valence-electron chi connectivity index (χ2n) is 9.72. The van der Waals surface area contributed by atoms with Crippen LogP contribution >= 0.6 is 0 Å². The van der Waals surface area contributed by atoms with Crippen LogP contribution in [0.15, 0.2) is 30.4 Å². The second kappa shape index (κ2) is 7.18. The summed E-state index contributed by atoms with van der Waals surface area (Å²) >= 11 is 0. The van der Waals surface area contributed by atoms with Crippen molar-refractivity contribution in [2.75, 3.05) is 26.8 Å². The van der Waals surface area contributed by atoms with E-state index in [2.05, 4.69) is 36.6 Å². The number of fused-ring (bicyclic) bond motifs is 1. The lowest BCUT2D eigenvalue weighted by Gasteiger charge is -2.48. The molecule has 28 heavy (non-hydrogen) atoms. The molecule has 3 nitrogen and oxygen atoms in total. The molecule has 2 saturated heterocycles. The highest BCUT2D eigenvalue weighted by Gasteiger charge is 2.61. The molecule has 1 spiro atoms. The highest BCUT2D eigenvalue weighted by atomic mass is 16.5. The summed E-state index contributed by atoms with van der Waals surface area (Å²) in [6, 6.07) is 6.82. The van der Waals surface area contributed by atoms with Crippen LogP contribution in [0.25, 0.3) is 0 Å². The number of likely N-dealkylation sites (tertiary alicyclic amines) is 1. The average molecular weight is 382 g/mol. The van der Waals surface area contributed by atoms with Gasteiger partial charge in [-0.2, -0.15) is 0 Å². The van der Waals surface area contributed by atoms with Gasteiger partial charge in [-0.25, -0.2) is 0 Å². The van der Waals surface area contributed by atoms with E-state index in [1.165, 1.54) is 68.3 Å². The van der Waals surface area contributed by atoms with E-state index in [9.17, 15) is 0 Å². The molecule has 4 aliphatic rings. The fourth-order valence-electron chi connectivity index (χ4n) is 6.94. The summed E-state index contributed by atoms with van der Waals surface area (Å²) in [6.07, 6.45) is 8.07. The Morgan fingerprint density at radius 3 is 2.82 bits per heavy atom. The summed E-state index contributed by atoms with van der Waals surface area (Å²) < 4.78 is 12.2. The number of nitrogens with zero attached hydrogens (tertiary/aromatic N) is 1. The lowest BCUT2D eigenvalue weighted by molar-refractivity contribution is -0.106. The SMILES string of the molecule is C=C1[C@@H]2C[C@@H]3[C@@H](c4ccc(OC)c(CN5CCCCC5)c4)OCCC3(C2)[C@@H]1C. The summed E-state index contributed by atoms with van der Waals surface area (Å²) in [5.41, 5.74) is 4.63. The van der Waals surface area contributed by atoms with Gasteiger partial charge in [0.2, 0.25) is 0 Å². The van der Waals surface area contributed by atoms with E-state index in [0.717, 1.165) is 24.8 Å². The van der Waals surface area contributed by atoms with Crippen LogP contribution in [0.1, 0.15) is 62.7 Å². The van der Waals surface area contributed by atoms with Crippen molar-refractivity contribution in [1.29, 1.82) is 0 Å². The molecule has 1 unspecified atom stereocenters. The molecule has 5 atom stereocenters. The number of benzene rings is 1. The molecular formula is C25H35NO2. The van der Waals surface area contributed by atoms with Crippen molar-refractivity contribution < 1.29 is 9.47 Å². The predicted molar refractivity (Wildman–Crippen MR) is 112 cm³/mol. The zero-order chi connectivity index (χ0) is 19.3. The molecule has 3 heteroatoms. The van der Waals surface area contributed by atoms with E-state index in [1.54, 1.807) is 7.11 Å². The van der Waals surface area contributed by atoms with Crippen molar-refractivity contribution in [1.82, 2.24) is 4.90 Å². The van der Waals surface area contributed by atoms with Crippen LogP contribution in [0.5, 0.6) is 5.75 Å². The second-order valence-corrected chi connectivity index (χ2v) is 9.72. The van der Waals surface area contributed by atoms with Gasteiger partial charge in [-0.05, 0) is 86.1 Å². The molecule has 1 aromatic carbocycles. The van der Waals surface area contributed by atoms with Gasteiger partial charge in [0.05, 0.1) is 13.2 Å². The number of rotatable bonds is 4. The molecule has 0 aromatic heterocycles. The summed E-state index contributed by atoms with van der Waals surface area (Å²) in [5.74, 6) is 3.03. The molecule has 4 fully saturated rings. The minimum absolute atomic E-state index is 0.236. The Bertz CT molecular complexity index is 753. The molecule has 0 N–H and O–H groups in total. The molecule has 152 valence electrons. The highest BCUT2D eigenvalue weighted by Crippen LogP contribution is 2.68. The number of hydrogen-bond donors (Lipinski definition) is 0. The largest absolute Gasteiger partial charge is 0.496 e. The van der Waals surface area contributed by atoms with Crippen LogP contribution in [0.4, 0.5) is 0 Å². The maximum absolute atomic E-state index is 6.44. The van der Waals surface area contributed by atoms with Crippen LogP contribution in [0.2, 0.25) is 0 Å². The topological polar surface area (TPSA) is 21.7 Å². The Morgan fingerprint density at radius 2 is 2.07 bits per heavy atom. The third-order valence-electron chi connectivity index (χ3n) is 8.55. The Balaban J connectivity index is 1.43. The number of methoxy groups -OCH3 is 1. The van der Waals surface area contributed by atoms with Crippen LogP contribution in [0, 0.1) is 23.2 Å². The highest BCUT2D eigenvalue weighted by molar-refractivity contribution is 5.39. The van der Waals surface area contributed by atoms with E-state index in [-0.39, 0.29) is 6.10 Å². The third-order valence-corrected chi connectivity index (χ3v) is 8.55. The first-order valence-corrected chi connectivity index (χ1v) is 11.3. The Hall–Kier alpha value is -1.32. The van der Waals surface area contributed by atoms with Crippen LogP contribution in [-0.2, 0) is 11.3 Å². The van der Waals surface area contributed by atoms with E-state index in [4.69, 9.17) is 9.47 Å². The molecule has 1 aromatic rings. The van der Waals surface area contributed by atoms with E-state index < -0.39 is 0 Å². The summed E-state index contributed by atoms with van der Waals surface area (Å²) in [5, 5.41) is 0. The van der Waals surface area contributed by atoms with Gasteiger partial charge in [-0.3, -0.25) is 4.90 Å². The zero-order valence-corrected chi connectivity index (χ0v) is 17.6. The van der Waals surface area contributed by atoms with Gasteiger partial charge >= 0.3 is 0 Å². The number of ether oxygens (including phenoxy) is 2. The van der Waals surface area contributed by atoms with Crippen molar-refractivity contribution in [3.05, 3.63) is 41.5 Å². The normalized spacial score (nSPS) is 37.9. The molecule has 0 amide bonds. The maximum Gasteiger partial charge on any atom is 0.123 e. The summed E-state index contributed by atoms with van der Waals surface area (Å²) in [6.45, 7) is 11.2. The fourth-order valence-corrected chi connectivity index (χ4v) is 6.94. The Kier molecular flexibility index (Phi) is 4.79. The minimum Gasteiger partial charge on any atom is -0.496 e. The van der Waals surface area contributed by atoms with Gasteiger partial charge in [0.25, 0.3) is 0 Å². The molecular weight excluding hydrogens is 346 g/mol. The fraction of sp³-hybridized carbons (Fsp3) is 0.680. The van der Waals surface area contributed by atoms with Gasteiger partial charge in [0.15, 0.2) is 0 Å². The molecule has 2 heterocycles. The number of piperidine rings is 1. The van der Waals surface area contributed by atoms with Crippen molar-refractivity contribution in [3.8, 4) is 5.75 Å². The standard InChI is InChI=1S/C25H35NO2/c1-17-18(2)25-9-12-28-24(22(25)14-20(17)15-25)19-7-8-23(27-3)21(13-19)16-26-10-5-4-6-11-26/h7-8,13,18,20,22,24H,1,4-6,9-12,14-16H2,2-3H3/t18-,20-,22-,24-,25?/m1/s1. The third kappa shape index (κ3) is 2.85. The van der Waals surface area contributed by atoms with Crippen molar-refractivity contribution in [3.63, 3.8) is 0 Å². The van der Waals surface area contributed by atoms with Gasteiger partial charge in [-0.1, -0.05) is 31.6 Å². The number of hydrogen-bond acceptors (Lipinski definition) is 3. The van der Waals surface area contributed by atoms with Gasteiger partial charge in [0.1, 0.15) is 5.75 Å². The zero-order valence-electron chi connectivity index (χ0n) is 17.6. The number of allylic oxidation sites excluding steroid dienone is 1. The van der Waals surface area contributed by atoms with Crippen LogP contribution in [0.3, 0.4) is 0 Å². The summed E-state index contributed by atoms with van der Waals surface area (Å²) in [4.78, 5) is 2.58. The van der Waals surface area contributed by atoms with Crippen molar-refractivity contribution in [2.24, 2.45) is 23.2 Å². The van der Waals surface area contributed by atoms with Gasteiger partial charge in [0, 0.05) is 18.7 Å². The first kappa shape index (κ1) is 18.7. The van der Waals surface area contributed by atoms with E-state index >= 15 is 0 Å². The quantitative estimate of drug-likeness (QED) is 0.655. The monoisotopic (exact) mass is 381 g/mol. The van der Waals surface area contributed by atoms with Gasteiger partial charge in [-0.15, -0.1) is 0 Å². The molecule has 2 bridgehead atoms. The Labute approximate surface area is 170 Å². The molecule has 2 saturated carbocycles. The molecule has 2 aliphatic heterocycles. The van der Waals surface area contributed by atoms with Gasteiger partial charge < -0.3 is 9.47 Å². The Morgan fingerprint density at radius 1 is 1.25 bits per heavy atom. The summed E-state index contributed by atoms with van der Waals surface area (Å²) in [7, 11) is 1.80. The van der Waals surface area contributed by atoms with Crippen molar-refractivity contribution in [2.45, 2.75) is 58.1 Å². The predicted octanol–water partition coefficient (Wildman–Crippen LogP) is 5.36. The molecule has 0 radical (unpaired) electrons. The van der Waals surface area contributed by atoms with Crippen LogP contribution < -0.4 is 4.74 Å². The van der Waals surface area contributed by atoms with Crippen molar-refractivity contribution >= 4 is 0 Å². The van der Waals surface area contributed by atoms with E-state index in [0.29, 0.717) is 17.3 Å². The smallest absolute Gasteiger partial charge is 0.123 e. The maximum atomic E-state index is 6.44.